The Hall–Kier alpha value is -1.20. The zero-order chi connectivity index (χ0) is 12.3. The molecular formula is C12H11BrN2OS. The molecule has 0 unspecified atom stereocenters. The van der Waals surface area contributed by atoms with E-state index in [4.69, 9.17) is 10.5 Å². The topological polar surface area (TPSA) is 48.1 Å². The zero-order valence-corrected chi connectivity index (χ0v) is 11.6. The van der Waals surface area contributed by atoms with Crippen molar-refractivity contribution < 1.29 is 4.74 Å². The Balaban J connectivity index is 2.23. The molecule has 0 spiro atoms. The molecule has 0 amide bonds. The first-order valence-electron chi connectivity index (χ1n) is 4.91. The van der Waals surface area contributed by atoms with E-state index in [0.717, 1.165) is 20.1 Å². The summed E-state index contributed by atoms with van der Waals surface area (Å²) in [5, 5.41) is 0.917. The number of benzene rings is 1. The molecule has 0 bridgehead atoms. The minimum atomic E-state index is 0.684. The average Bonchev–Trinajstić information content (AvgIpc) is 2.31. The van der Waals surface area contributed by atoms with Gasteiger partial charge in [0.05, 0.1) is 7.11 Å². The third-order valence-electron chi connectivity index (χ3n) is 2.06. The van der Waals surface area contributed by atoms with Gasteiger partial charge in [0, 0.05) is 27.3 Å². The van der Waals surface area contributed by atoms with Crippen LogP contribution in [-0.4, -0.2) is 12.1 Å². The highest BCUT2D eigenvalue weighted by Gasteiger charge is 2.02. The van der Waals surface area contributed by atoms with E-state index < -0.39 is 0 Å². The lowest BCUT2D eigenvalue weighted by molar-refractivity contribution is 0.414. The minimum absolute atomic E-state index is 0.684. The second-order valence-electron chi connectivity index (χ2n) is 3.36. The Morgan fingerprint density at radius 2 is 2.12 bits per heavy atom. The van der Waals surface area contributed by atoms with Crippen LogP contribution in [0.3, 0.4) is 0 Å². The van der Waals surface area contributed by atoms with E-state index in [1.807, 2.05) is 24.3 Å². The highest BCUT2D eigenvalue weighted by Crippen LogP contribution is 2.31. The number of anilines is 1. The Morgan fingerprint density at radius 1 is 1.29 bits per heavy atom. The molecule has 5 heteroatoms. The number of nitrogens with two attached hydrogens (primary N) is 1. The molecule has 0 aliphatic carbocycles. The second-order valence-corrected chi connectivity index (χ2v) is 5.37. The number of methoxy groups -OCH3 is 1. The lowest BCUT2D eigenvalue weighted by Crippen LogP contribution is -1.89. The monoisotopic (exact) mass is 310 g/mol. The van der Waals surface area contributed by atoms with Crippen molar-refractivity contribution in [1.29, 1.82) is 0 Å². The summed E-state index contributed by atoms with van der Waals surface area (Å²) in [4.78, 5) is 5.30. The summed E-state index contributed by atoms with van der Waals surface area (Å²) in [5.74, 6) is 0.754. The van der Waals surface area contributed by atoms with Gasteiger partial charge in [0.1, 0.15) is 10.8 Å². The highest BCUT2D eigenvalue weighted by atomic mass is 79.9. The minimum Gasteiger partial charge on any atom is -0.497 e. The summed E-state index contributed by atoms with van der Waals surface area (Å²) in [6.07, 6.45) is 1.77. The quantitative estimate of drug-likeness (QED) is 0.880. The maximum Gasteiger partial charge on any atom is 0.122 e. The number of nitrogens with zero attached hydrogens (tertiary/aromatic N) is 1. The van der Waals surface area contributed by atoms with Crippen molar-refractivity contribution in [3.63, 3.8) is 0 Å². The number of ether oxygens (including phenoxy) is 1. The van der Waals surface area contributed by atoms with Gasteiger partial charge < -0.3 is 10.5 Å². The predicted molar refractivity (Wildman–Crippen MR) is 73.5 cm³/mol. The molecule has 0 atom stereocenters. The van der Waals surface area contributed by atoms with E-state index in [2.05, 4.69) is 20.9 Å². The van der Waals surface area contributed by atoms with E-state index in [0.29, 0.717) is 5.69 Å². The zero-order valence-electron chi connectivity index (χ0n) is 9.18. The van der Waals surface area contributed by atoms with Crippen molar-refractivity contribution in [2.75, 3.05) is 12.8 Å². The first kappa shape index (κ1) is 12.3. The maximum atomic E-state index is 5.79. The molecule has 1 heterocycles. The number of nitrogen functional groups attached to an aromatic ring is 1. The van der Waals surface area contributed by atoms with Gasteiger partial charge in [-0.15, -0.1) is 0 Å². The van der Waals surface area contributed by atoms with Crippen LogP contribution in [0.1, 0.15) is 0 Å². The maximum absolute atomic E-state index is 5.79. The van der Waals surface area contributed by atoms with Crippen molar-refractivity contribution >= 4 is 33.4 Å². The SMILES string of the molecule is COc1cc(N)cc(Sc2ccc(Br)cn2)c1. The Kier molecular flexibility index (Phi) is 3.91. The number of hydrogen-bond donors (Lipinski definition) is 1. The highest BCUT2D eigenvalue weighted by molar-refractivity contribution is 9.10. The van der Waals surface area contributed by atoms with Crippen LogP contribution in [0.25, 0.3) is 0 Å². The predicted octanol–water partition coefficient (Wildman–Crippen LogP) is 3.59. The van der Waals surface area contributed by atoms with Crippen molar-refractivity contribution in [2.45, 2.75) is 9.92 Å². The fraction of sp³-hybridized carbons (Fsp3) is 0.0833. The Bertz CT molecular complexity index is 516. The molecule has 1 aromatic carbocycles. The van der Waals surface area contributed by atoms with Gasteiger partial charge in [-0.05, 0) is 40.2 Å². The Morgan fingerprint density at radius 3 is 2.76 bits per heavy atom. The molecule has 0 radical (unpaired) electrons. The summed E-state index contributed by atoms with van der Waals surface area (Å²) >= 11 is 4.90. The van der Waals surface area contributed by atoms with Crippen LogP contribution in [0.5, 0.6) is 5.75 Å². The number of aromatic nitrogens is 1. The number of halogens is 1. The van der Waals surface area contributed by atoms with Gasteiger partial charge in [-0.3, -0.25) is 0 Å². The van der Waals surface area contributed by atoms with E-state index in [1.54, 1.807) is 31.1 Å². The normalized spacial score (nSPS) is 10.2. The van der Waals surface area contributed by atoms with Gasteiger partial charge in [-0.25, -0.2) is 4.98 Å². The molecule has 0 aliphatic heterocycles. The van der Waals surface area contributed by atoms with Crippen LogP contribution in [0.4, 0.5) is 5.69 Å². The van der Waals surface area contributed by atoms with Gasteiger partial charge in [0.25, 0.3) is 0 Å². The molecule has 0 saturated heterocycles. The van der Waals surface area contributed by atoms with Crippen LogP contribution in [0.15, 0.2) is 50.9 Å². The van der Waals surface area contributed by atoms with Crippen molar-refractivity contribution in [2.24, 2.45) is 0 Å². The number of rotatable bonds is 3. The summed E-state index contributed by atoms with van der Waals surface area (Å²) in [6, 6.07) is 9.53. The summed E-state index contributed by atoms with van der Waals surface area (Å²) in [5.41, 5.74) is 6.48. The molecule has 2 aromatic rings. The third-order valence-corrected chi connectivity index (χ3v) is 3.45. The van der Waals surface area contributed by atoms with Gasteiger partial charge in [0.2, 0.25) is 0 Å². The molecule has 3 nitrogen and oxygen atoms in total. The molecule has 1 aromatic heterocycles. The van der Waals surface area contributed by atoms with E-state index in [-0.39, 0.29) is 0 Å². The van der Waals surface area contributed by atoms with E-state index in [9.17, 15) is 0 Å². The van der Waals surface area contributed by atoms with Gasteiger partial charge in [0.15, 0.2) is 0 Å². The molecule has 88 valence electrons. The summed E-state index contributed by atoms with van der Waals surface area (Å²) in [7, 11) is 1.63. The molecule has 2 N–H and O–H groups in total. The smallest absolute Gasteiger partial charge is 0.122 e. The van der Waals surface area contributed by atoms with Crippen molar-refractivity contribution in [1.82, 2.24) is 4.98 Å². The van der Waals surface area contributed by atoms with E-state index >= 15 is 0 Å². The fourth-order valence-corrected chi connectivity index (χ4v) is 2.40. The van der Waals surface area contributed by atoms with Gasteiger partial charge >= 0.3 is 0 Å². The molecule has 0 aliphatic rings. The van der Waals surface area contributed by atoms with Crippen LogP contribution in [0.2, 0.25) is 0 Å². The lowest BCUT2D eigenvalue weighted by atomic mass is 10.3. The Labute approximate surface area is 113 Å². The van der Waals surface area contributed by atoms with Crippen LogP contribution < -0.4 is 10.5 Å². The molecular weight excluding hydrogens is 300 g/mol. The molecule has 0 fully saturated rings. The summed E-state index contributed by atoms with van der Waals surface area (Å²) in [6.45, 7) is 0. The average molecular weight is 311 g/mol. The fourth-order valence-electron chi connectivity index (χ4n) is 1.31. The summed E-state index contributed by atoms with van der Waals surface area (Å²) < 4.78 is 6.14. The van der Waals surface area contributed by atoms with Crippen molar-refractivity contribution in [3.05, 3.63) is 41.0 Å². The number of hydrogen-bond acceptors (Lipinski definition) is 4. The van der Waals surface area contributed by atoms with Crippen LogP contribution in [-0.2, 0) is 0 Å². The molecule has 0 saturated carbocycles. The lowest BCUT2D eigenvalue weighted by Gasteiger charge is -2.06. The second kappa shape index (κ2) is 5.42. The van der Waals surface area contributed by atoms with Crippen LogP contribution in [0, 0.1) is 0 Å². The van der Waals surface area contributed by atoms with Crippen LogP contribution >= 0.6 is 27.7 Å². The first-order valence-corrected chi connectivity index (χ1v) is 6.52. The largest absolute Gasteiger partial charge is 0.497 e. The third kappa shape index (κ3) is 3.38. The van der Waals surface area contributed by atoms with Gasteiger partial charge in [-0.1, -0.05) is 11.8 Å². The molecule has 2 rings (SSSR count). The first-order chi connectivity index (χ1) is 8.17. The van der Waals surface area contributed by atoms with Crippen molar-refractivity contribution in [3.8, 4) is 5.75 Å². The number of pyridine rings is 1. The van der Waals surface area contributed by atoms with E-state index in [1.165, 1.54) is 0 Å². The van der Waals surface area contributed by atoms with Gasteiger partial charge in [-0.2, -0.15) is 0 Å². The molecule has 17 heavy (non-hydrogen) atoms. The standard InChI is InChI=1S/C12H11BrN2OS/c1-16-10-4-9(14)5-11(6-10)17-12-3-2-8(13)7-15-12/h2-7H,14H2,1H3.